The molecule has 0 atom stereocenters. The summed E-state index contributed by atoms with van der Waals surface area (Å²) in [5, 5.41) is 9.34. The van der Waals surface area contributed by atoms with E-state index in [9.17, 15) is 9.59 Å². The van der Waals surface area contributed by atoms with Crippen LogP contribution in [-0.4, -0.2) is 31.7 Å². The molecule has 0 spiro atoms. The molecule has 2 amide bonds. The van der Waals surface area contributed by atoms with Gasteiger partial charge in [0.05, 0.1) is 11.9 Å². The molecule has 0 aromatic carbocycles. The number of carbonyl (C=O) groups is 2. The third-order valence-corrected chi connectivity index (χ3v) is 1.78. The molecule has 17 heavy (non-hydrogen) atoms. The van der Waals surface area contributed by atoms with Crippen LogP contribution in [0.15, 0.2) is 37.2 Å². The zero-order valence-electron chi connectivity index (χ0n) is 8.57. The van der Waals surface area contributed by atoms with Crippen molar-refractivity contribution in [2.75, 3.05) is 10.7 Å². The van der Waals surface area contributed by atoms with Crippen LogP contribution < -0.4 is 10.7 Å². The number of amides is 2. The number of rotatable bonds is 2. The molecule has 0 saturated heterocycles. The highest BCUT2D eigenvalue weighted by atomic mass is 16.2. The predicted molar refractivity (Wildman–Crippen MR) is 57.3 cm³/mol. The molecule has 0 aliphatic heterocycles. The van der Waals surface area contributed by atoms with Crippen molar-refractivity contribution in [1.29, 1.82) is 0 Å². The van der Waals surface area contributed by atoms with Crippen molar-refractivity contribution in [3.8, 4) is 0 Å². The highest BCUT2D eigenvalue weighted by Crippen LogP contribution is 2.01. The van der Waals surface area contributed by atoms with Gasteiger partial charge < -0.3 is 5.32 Å². The van der Waals surface area contributed by atoms with Crippen molar-refractivity contribution >= 4 is 17.5 Å². The van der Waals surface area contributed by atoms with E-state index in [-0.39, 0.29) is 0 Å². The molecule has 2 aromatic heterocycles. The lowest BCUT2D eigenvalue weighted by molar-refractivity contribution is -0.133. The SMILES string of the molecule is O=C(Nc1cccnc1)C(=O)Nn1cnnc1. The molecular formula is C9H8N6O2. The second-order valence-electron chi connectivity index (χ2n) is 3.01. The van der Waals surface area contributed by atoms with Crippen molar-refractivity contribution in [2.24, 2.45) is 0 Å². The summed E-state index contributed by atoms with van der Waals surface area (Å²) in [4.78, 5) is 26.6. The van der Waals surface area contributed by atoms with E-state index in [1.165, 1.54) is 23.5 Å². The van der Waals surface area contributed by atoms with Crippen LogP contribution in [0.4, 0.5) is 5.69 Å². The molecule has 0 aliphatic carbocycles. The minimum absolute atomic E-state index is 0.441. The number of carbonyl (C=O) groups excluding carboxylic acids is 2. The first-order valence-electron chi connectivity index (χ1n) is 4.63. The predicted octanol–water partition coefficient (Wildman–Crippen LogP) is -0.618. The van der Waals surface area contributed by atoms with Gasteiger partial charge in [0.1, 0.15) is 12.7 Å². The largest absolute Gasteiger partial charge is 0.328 e. The first-order valence-corrected chi connectivity index (χ1v) is 4.63. The normalized spacial score (nSPS) is 9.65. The molecule has 8 nitrogen and oxygen atoms in total. The van der Waals surface area contributed by atoms with Crippen molar-refractivity contribution in [2.45, 2.75) is 0 Å². The summed E-state index contributed by atoms with van der Waals surface area (Å²) in [6, 6.07) is 3.27. The topological polar surface area (TPSA) is 102 Å². The van der Waals surface area contributed by atoms with E-state index in [0.717, 1.165) is 0 Å². The first kappa shape index (κ1) is 10.7. The fourth-order valence-electron chi connectivity index (χ4n) is 1.05. The maximum atomic E-state index is 11.4. The molecule has 2 N–H and O–H groups in total. The highest BCUT2D eigenvalue weighted by Gasteiger charge is 2.13. The van der Waals surface area contributed by atoms with Gasteiger partial charge in [0.2, 0.25) is 0 Å². The summed E-state index contributed by atoms with van der Waals surface area (Å²) < 4.78 is 1.17. The average Bonchev–Trinajstić information content (AvgIpc) is 2.83. The zero-order chi connectivity index (χ0) is 12.1. The van der Waals surface area contributed by atoms with Crippen LogP contribution >= 0.6 is 0 Å². The second kappa shape index (κ2) is 4.84. The summed E-state index contributed by atoms with van der Waals surface area (Å²) >= 11 is 0. The van der Waals surface area contributed by atoms with Gasteiger partial charge in [0, 0.05) is 6.20 Å². The summed E-state index contributed by atoms with van der Waals surface area (Å²) in [6.07, 6.45) is 5.52. The molecule has 0 saturated carbocycles. The Balaban J connectivity index is 1.94. The number of anilines is 1. The molecule has 0 radical (unpaired) electrons. The number of hydrogen-bond donors (Lipinski definition) is 2. The van der Waals surface area contributed by atoms with Crippen LogP contribution in [0.25, 0.3) is 0 Å². The van der Waals surface area contributed by atoms with Crippen LogP contribution in [0.5, 0.6) is 0 Å². The van der Waals surface area contributed by atoms with Crippen LogP contribution in [0.3, 0.4) is 0 Å². The van der Waals surface area contributed by atoms with Crippen LogP contribution in [0.2, 0.25) is 0 Å². The van der Waals surface area contributed by atoms with Crippen molar-refractivity contribution in [1.82, 2.24) is 19.9 Å². The maximum absolute atomic E-state index is 11.4. The summed E-state index contributed by atoms with van der Waals surface area (Å²) in [5.74, 6) is -1.62. The van der Waals surface area contributed by atoms with E-state index in [1.807, 2.05) is 0 Å². The molecule has 0 unspecified atom stereocenters. The lowest BCUT2D eigenvalue weighted by atomic mass is 10.4. The quantitative estimate of drug-likeness (QED) is 0.672. The van der Waals surface area contributed by atoms with Crippen molar-refractivity contribution in [3.63, 3.8) is 0 Å². The van der Waals surface area contributed by atoms with E-state index in [1.54, 1.807) is 18.3 Å². The number of nitrogens with one attached hydrogen (secondary N) is 2. The summed E-state index contributed by atoms with van der Waals surface area (Å²) in [6.45, 7) is 0. The fraction of sp³-hybridized carbons (Fsp3) is 0. The molecule has 8 heteroatoms. The maximum Gasteiger partial charge on any atom is 0.328 e. The van der Waals surface area contributed by atoms with Gasteiger partial charge in [-0.1, -0.05) is 0 Å². The smallest absolute Gasteiger partial charge is 0.316 e. The van der Waals surface area contributed by atoms with Gasteiger partial charge in [0.15, 0.2) is 0 Å². The van der Waals surface area contributed by atoms with Crippen LogP contribution in [-0.2, 0) is 9.59 Å². The Bertz CT molecular complexity index is 510. The lowest BCUT2D eigenvalue weighted by Crippen LogP contribution is -2.33. The van der Waals surface area contributed by atoms with Gasteiger partial charge in [-0.15, -0.1) is 10.2 Å². The first-order chi connectivity index (χ1) is 8.25. The Morgan fingerprint density at radius 3 is 2.59 bits per heavy atom. The van der Waals surface area contributed by atoms with Gasteiger partial charge in [-0.2, -0.15) is 0 Å². The number of hydrogen-bond acceptors (Lipinski definition) is 5. The Kier molecular flexibility index (Phi) is 3.05. The van der Waals surface area contributed by atoms with Crippen molar-refractivity contribution in [3.05, 3.63) is 37.2 Å². The molecule has 0 fully saturated rings. The molecule has 86 valence electrons. The molecule has 2 aromatic rings. The lowest BCUT2D eigenvalue weighted by Gasteiger charge is -2.05. The average molecular weight is 232 g/mol. The monoisotopic (exact) mass is 232 g/mol. The zero-order valence-corrected chi connectivity index (χ0v) is 8.57. The van der Waals surface area contributed by atoms with E-state index in [2.05, 4.69) is 25.9 Å². The summed E-state index contributed by atoms with van der Waals surface area (Å²) in [5.41, 5.74) is 2.70. The van der Waals surface area contributed by atoms with E-state index in [0.29, 0.717) is 5.69 Å². The molecular weight excluding hydrogens is 224 g/mol. The number of aromatic nitrogens is 4. The standard InChI is InChI=1S/C9H8N6O2/c16-8(13-7-2-1-3-10-4-7)9(17)14-15-5-11-12-6-15/h1-6H,(H,13,16)(H,14,17). The highest BCUT2D eigenvalue weighted by molar-refractivity contribution is 6.42. The van der Waals surface area contributed by atoms with E-state index < -0.39 is 11.8 Å². The molecule has 0 aliphatic rings. The van der Waals surface area contributed by atoms with Gasteiger partial charge >= 0.3 is 11.8 Å². The third kappa shape index (κ3) is 2.84. The minimum Gasteiger partial charge on any atom is -0.316 e. The Hall–Kier alpha value is -2.77. The van der Waals surface area contributed by atoms with E-state index >= 15 is 0 Å². The second-order valence-corrected chi connectivity index (χ2v) is 3.01. The van der Waals surface area contributed by atoms with Crippen LogP contribution in [0, 0.1) is 0 Å². The van der Waals surface area contributed by atoms with Gasteiger partial charge in [-0.3, -0.25) is 20.0 Å². The summed E-state index contributed by atoms with van der Waals surface area (Å²) in [7, 11) is 0. The number of pyridine rings is 1. The Labute approximate surface area is 95.7 Å². The molecule has 2 rings (SSSR count). The molecule has 2 heterocycles. The number of nitrogens with zero attached hydrogens (tertiary/aromatic N) is 4. The Morgan fingerprint density at radius 1 is 1.18 bits per heavy atom. The third-order valence-electron chi connectivity index (χ3n) is 1.78. The van der Waals surface area contributed by atoms with Gasteiger partial charge in [-0.05, 0) is 12.1 Å². The minimum atomic E-state index is -0.825. The van der Waals surface area contributed by atoms with Crippen LogP contribution in [0.1, 0.15) is 0 Å². The fourth-order valence-corrected chi connectivity index (χ4v) is 1.05. The van der Waals surface area contributed by atoms with Gasteiger partial charge in [0.25, 0.3) is 0 Å². The molecule has 0 bridgehead atoms. The van der Waals surface area contributed by atoms with Gasteiger partial charge in [-0.25, -0.2) is 4.68 Å². The van der Waals surface area contributed by atoms with Crippen molar-refractivity contribution < 1.29 is 9.59 Å². The van der Waals surface area contributed by atoms with E-state index in [4.69, 9.17) is 0 Å². The Morgan fingerprint density at radius 2 is 1.94 bits per heavy atom.